The number of aromatic nitrogens is 3. The summed E-state index contributed by atoms with van der Waals surface area (Å²) in [5.74, 6) is 0.412. The number of carbonyl (C=O) groups is 1. The van der Waals surface area contributed by atoms with E-state index in [1.54, 1.807) is 11.3 Å². The van der Waals surface area contributed by atoms with E-state index in [0.717, 1.165) is 22.0 Å². The zero-order valence-corrected chi connectivity index (χ0v) is 17.0. The van der Waals surface area contributed by atoms with Gasteiger partial charge in [0.2, 0.25) is 0 Å². The maximum absolute atomic E-state index is 13.1. The van der Waals surface area contributed by atoms with E-state index >= 15 is 0 Å². The van der Waals surface area contributed by atoms with Crippen molar-refractivity contribution in [1.82, 2.24) is 24.6 Å². The summed E-state index contributed by atoms with van der Waals surface area (Å²) in [5, 5.41) is 6.68. The summed E-state index contributed by atoms with van der Waals surface area (Å²) >= 11 is 1.69. The topological polar surface area (TPSA) is 71.8 Å². The number of nitrogens with one attached hydrogen (secondary N) is 1. The monoisotopic (exact) mass is 399 g/mol. The van der Waals surface area contributed by atoms with Crippen LogP contribution in [0.4, 0.5) is 0 Å². The van der Waals surface area contributed by atoms with E-state index in [4.69, 9.17) is 4.74 Å². The number of hydrogen-bond donors (Lipinski definition) is 1. The number of hydrogen-bond acceptors (Lipinski definition) is 6. The molecule has 0 aromatic carbocycles. The fourth-order valence-electron chi connectivity index (χ4n) is 3.28. The second-order valence-corrected chi connectivity index (χ2v) is 8.07. The average molecular weight is 400 g/mol. The van der Waals surface area contributed by atoms with E-state index in [9.17, 15) is 4.79 Å². The lowest BCUT2D eigenvalue weighted by atomic mass is 10.2. The summed E-state index contributed by atoms with van der Waals surface area (Å²) in [6, 6.07) is 5.82. The third-order valence-electron chi connectivity index (χ3n) is 4.79. The highest BCUT2D eigenvalue weighted by molar-refractivity contribution is 7.09. The van der Waals surface area contributed by atoms with E-state index < -0.39 is 0 Å². The summed E-state index contributed by atoms with van der Waals surface area (Å²) in [7, 11) is 0. The highest BCUT2D eigenvalue weighted by Gasteiger charge is 2.25. The van der Waals surface area contributed by atoms with Crippen molar-refractivity contribution >= 4 is 22.9 Å². The van der Waals surface area contributed by atoms with Crippen molar-refractivity contribution in [2.75, 3.05) is 26.3 Å². The lowest BCUT2D eigenvalue weighted by Gasteiger charge is -2.26. The van der Waals surface area contributed by atoms with Gasteiger partial charge in [-0.15, -0.1) is 11.3 Å². The minimum atomic E-state index is -0.0282. The third-order valence-corrected chi connectivity index (χ3v) is 5.99. The Bertz CT molecular complexity index is 959. The Morgan fingerprint density at radius 1 is 1.25 bits per heavy atom. The molecule has 4 rings (SSSR count). The molecule has 1 saturated heterocycles. The zero-order chi connectivity index (χ0) is 19.5. The van der Waals surface area contributed by atoms with Crippen LogP contribution in [0.5, 0.6) is 0 Å². The highest BCUT2D eigenvalue weighted by Crippen LogP contribution is 2.20. The molecule has 7 nitrogen and oxygen atoms in total. The first kappa shape index (κ1) is 19.0. The quantitative estimate of drug-likeness (QED) is 0.690. The minimum absolute atomic E-state index is 0.0282. The van der Waals surface area contributed by atoms with Crippen LogP contribution in [-0.4, -0.2) is 51.5 Å². The number of fused-ring (bicyclic) bond motifs is 1. The predicted molar refractivity (Wildman–Crippen MR) is 109 cm³/mol. The lowest BCUT2D eigenvalue weighted by molar-refractivity contribution is 0.0298. The van der Waals surface area contributed by atoms with Crippen molar-refractivity contribution in [2.24, 2.45) is 0 Å². The van der Waals surface area contributed by atoms with Gasteiger partial charge in [0.1, 0.15) is 5.65 Å². The number of ether oxygens (including phenoxy) is 1. The number of nitrogens with zero attached hydrogens (tertiary/aromatic N) is 4. The molecule has 0 atom stereocenters. The van der Waals surface area contributed by atoms with Gasteiger partial charge in [-0.1, -0.05) is 19.9 Å². The molecule has 0 radical (unpaired) electrons. The molecule has 8 heteroatoms. The summed E-state index contributed by atoms with van der Waals surface area (Å²) < 4.78 is 7.36. The van der Waals surface area contributed by atoms with Crippen LogP contribution < -0.4 is 5.32 Å². The Balaban J connectivity index is 1.53. The van der Waals surface area contributed by atoms with Crippen molar-refractivity contribution < 1.29 is 9.53 Å². The fraction of sp³-hybridized carbons (Fsp3) is 0.450. The molecule has 1 N–H and O–H groups in total. The van der Waals surface area contributed by atoms with E-state index in [0.29, 0.717) is 51.0 Å². The van der Waals surface area contributed by atoms with Gasteiger partial charge in [0, 0.05) is 43.7 Å². The molecule has 0 unspecified atom stereocenters. The van der Waals surface area contributed by atoms with Gasteiger partial charge in [0.25, 0.3) is 5.91 Å². The molecule has 28 heavy (non-hydrogen) atoms. The predicted octanol–water partition coefficient (Wildman–Crippen LogP) is 2.68. The molecule has 3 aromatic rings. The molecule has 0 aliphatic carbocycles. The Hall–Kier alpha value is -2.29. The molecule has 148 valence electrons. The van der Waals surface area contributed by atoms with Gasteiger partial charge < -0.3 is 19.4 Å². The SMILES string of the molecule is CC(C)c1nc(CNCc2c(C(=O)N3CCOCC3)nc3ccccn23)cs1. The molecule has 3 aromatic heterocycles. The van der Waals surface area contributed by atoms with Crippen molar-refractivity contribution in [2.45, 2.75) is 32.9 Å². The number of amides is 1. The average Bonchev–Trinajstić information content (AvgIpc) is 3.34. The third kappa shape index (κ3) is 3.94. The summed E-state index contributed by atoms with van der Waals surface area (Å²) in [6.45, 7) is 7.88. The van der Waals surface area contributed by atoms with Crippen LogP contribution in [0.25, 0.3) is 5.65 Å². The van der Waals surface area contributed by atoms with Crippen LogP contribution in [0.2, 0.25) is 0 Å². The van der Waals surface area contributed by atoms with Gasteiger partial charge >= 0.3 is 0 Å². The molecule has 0 spiro atoms. The van der Waals surface area contributed by atoms with Crippen LogP contribution in [0.15, 0.2) is 29.8 Å². The molecule has 4 heterocycles. The van der Waals surface area contributed by atoms with Crippen molar-refractivity contribution in [3.8, 4) is 0 Å². The number of rotatable bonds is 6. The van der Waals surface area contributed by atoms with Gasteiger partial charge in [-0.05, 0) is 12.1 Å². The van der Waals surface area contributed by atoms with Crippen molar-refractivity contribution in [1.29, 1.82) is 0 Å². The van der Waals surface area contributed by atoms with Crippen LogP contribution in [0.1, 0.15) is 46.6 Å². The number of carbonyl (C=O) groups excluding carboxylic acids is 1. The Morgan fingerprint density at radius 3 is 2.82 bits per heavy atom. The maximum Gasteiger partial charge on any atom is 0.274 e. The first-order valence-electron chi connectivity index (χ1n) is 9.61. The Labute approximate surface area is 168 Å². The summed E-state index contributed by atoms with van der Waals surface area (Å²) in [6.07, 6.45) is 1.95. The lowest BCUT2D eigenvalue weighted by Crippen LogP contribution is -2.41. The smallest absolute Gasteiger partial charge is 0.274 e. The molecule has 1 aliphatic rings. The van der Waals surface area contributed by atoms with Gasteiger partial charge in [-0.2, -0.15) is 0 Å². The summed E-state index contributed by atoms with van der Waals surface area (Å²) in [4.78, 5) is 24.2. The van der Waals surface area contributed by atoms with Crippen molar-refractivity contribution in [3.05, 3.63) is 51.9 Å². The van der Waals surface area contributed by atoms with Crippen LogP contribution >= 0.6 is 11.3 Å². The maximum atomic E-state index is 13.1. The van der Waals surface area contributed by atoms with Gasteiger partial charge in [-0.3, -0.25) is 4.79 Å². The van der Waals surface area contributed by atoms with Gasteiger partial charge in [-0.25, -0.2) is 9.97 Å². The fourth-order valence-corrected chi connectivity index (χ4v) is 4.12. The number of morpholine rings is 1. The first-order chi connectivity index (χ1) is 13.6. The molecule has 1 aliphatic heterocycles. The largest absolute Gasteiger partial charge is 0.378 e. The zero-order valence-electron chi connectivity index (χ0n) is 16.2. The van der Waals surface area contributed by atoms with Crippen LogP contribution in [-0.2, 0) is 17.8 Å². The van der Waals surface area contributed by atoms with Crippen molar-refractivity contribution in [3.63, 3.8) is 0 Å². The molecular formula is C20H25N5O2S. The number of imidazole rings is 1. The number of thiazole rings is 1. The summed E-state index contributed by atoms with van der Waals surface area (Å²) in [5.41, 5.74) is 3.21. The van der Waals surface area contributed by atoms with Gasteiger partial charge in [0.15, 0.2) is 5.69 Å². The minimum Gasteiger partial charge on any atom is -0.378 e. The highest BCUT2D eigenvalue weighted by atomic mass is 32.1. The molecular weight excluding hydrogens is 374 g/mol. The van der Waals surface area contributed by atoms with E-state index in [-0.39, 0.29) is 5.91 Å². The molecule has 1 amide bonds. The Kier molecular flexibility index (Phi) is 5.70. The first-order valence-corrected chi connectivity index (χ1v) is 10.5. The van der Waals surface area contributed by atoms with E-state index in [2.05, 4.69) is 34.5 Å². The second-order valence-electron chi connectivity index (χ2n) is 7.18. The van der Waals surface area contributed by atoms with E-state index in [1.165, 1.54) is 0 Å². The van der Waals surface area contributed by atoms with Crippen LogP contribution in [0.3, 0.4) is 0 Å². The number of pyridine rings is 1. The molecule has 0 saturated carbocycles. The molecule has 0 bridgehead atoms. The van der Waals surface area contributed by atoms with Crippen LogP contribution in [0, 0.1) is 0 Å². The Morgan fingerprint density at radius 2 is 2.07 bits per heavy atom. The molecule has 1 fully saturated rings. The normalized spacial score (nSPS) is 14.9. The second kappa shape index (κ2) is 8.38. The van der Waals surface area contributed by atoms with Gasteiger partial charge in [0.05, 0.1) is 29.6 Å². The van der Waals surface area contributed by atoms with E-state index in [1.807, 2.05) is 33.7 Å². The standard InChI is InChI=1S/C20H25N5O2S/c1-14(2)19-22-15(13-28-19)11-21-12-16-18(20(26)24-7-9-27-10-8-24)23-17-5-3-4-6-25(16)17/h3-6,13-14,21H,7-12H2,1-2H3.